The van der Waals surface area contributed by atoms with Gasteiger partial charge in [0.2, 0.25) is 0 Å². The van der Waals surface area contributed by atoms with E-state index in [1.807, 2.05) is 35.2 Å². The second kappa shape index (κ2) is 7.29. The van der Waals surface area contributed by atoms with Crippen molar-refractivity contribution in [1.82, 2.24) is 10.2 Å². The molecule has 1 saturated heterocycles. The number of urea groups is 1. The van der Waals surface area contributed by atoms with E-state index in [0.717, 1.165) is 42.6 Å². The Morgan fingerprint density at radius 3 is 2.07 bits per heavy atom. The zero-order valence-electron chi connectivity index (χ0n) is 17.1. The van der Waals surface area contributed by atoms with Crippen molar-refractivity contribution in [2.75, 3.05) is 13.1 Å². The summed E-state index contributed by atoms with van der Waals surface area (Å²) in [6, 6.07) is 9.42. The summed E-state index contributed by atoms with van der Waals surface area (Å²) in [6.45, 7) is 1.08. The predicted octanol–water partition coefficient (Wildman–Crippen LogP) is 3.74. The lowest BCUT2D eigenvalue weighted by atomic mass is 9.53. The van der Waals surface area contributed by atoms with Crippen molar-refractivity contribution >= 4 is 15.9 Å². The quantitative estimate of drug-likeness (QED) is 0.813. The Balaban J connectivity index is 1.17. The van der Waals surface area contributed by atoms with Crippen molar-refractivity contribution in [3.63, 3.8) is 0 Å². The molecule has 29 heavy (non-hydrogen) atoms. The summed E-state index contributed by atoms with van der Waals surface area (Å²) in [5.41, 5.74) is 0.858. The van der Waals surface area contributed by atoms with E-state index in [1.54, 1.807) is 0 Å². The first kappa shape index (κ1) is 19.4. The van der Waals surface area contributed by atoms with Crippen LogP contribution < -0.4 is 5.32 Å². The van der Waals surface area contributed by atoms with Crippen LogP contribution in [0, 0.1) is 17.8 Å². The predicted molar refractivity (Wildman–Crippen MR) is 113 cm³/mol. The number of amides is 2. The Hall–Kier alpha value is -1.56. The van der Waals surface area contributed by atoms with E-state index in [4.69, 9.17) is 0 Å². The molecular formula is C23H32N2O3S. The van der Waals surface area contributed by atoms with Crippen molar-refractivity contribution < 1.29 is 13.2 Å². The van der Waals surface area contributed by atoms with E-state index in [9.17, 15) is 13.2 Å². The van der Waals surface area contributed by atoms with Crippen molar-refractivity contribution in [2.45, 2.75) is 67.9 Å². The van der Waals surface area contributed by atoms with Crippen molar-refractivity contribution in [1.29, 1.82) is 0 Å². The molecule has 5 nitrogen and oxygen atoms in total. The third kappa shape index (κ3) is 3.92. The topological polar surface area (TPSA) is 66.5 Å². The molecule has 4 aliphatic carbocycles. The standard InChI is InChI=1S/C23H32N2O3S/c26-22(24-23-13-18-10-19(14-23)12-20(11-18)15-23)25-8-6-21(7-9-25)29(27,28)16-17-4-2-1-3-5-17/h1-5,18-21H,6-16H2,(H,24,26). The average Bonchev–Trinajstić information content (AvgIpc) is 2.67. The molecule has 1 aliphatic heterocycles. The number of hydrogen-bond acceptors (Lipinski definition) is 3. The Morgan fingerprint density at radius 2 is 1.52 bits per heavy atom. The molecule has 158 valence electrons. The van der Waals surface area contributed by atoms with Gasteiger partial charge in [-0.05, 0) is 74.7 Å². The highest BCUT2D eigenvalue weighted by Crippen LogP contribution is 2.55. The highest BCUT2D eigenvalue weighted by atomic mass is 32.2. The molecule has 2 amide bonds. The van der Waals surface area contributed by atoms with E-state index in [0.29, 0.717) is 25.9 Å². The van der Waals surface area contributed by atoms with Gasteiger partial charge in [-0.1, -0.05) is 30.3 Å². The summed E-state index contributed by atoms with van der Waals surface area (Å²) in [5.74, 6) is 2.50. The summed E-state index contributed by atoms with van der Waals surface area (Å²) in [7, 11) is -3.19. The molecule has 1 aromatic carbocycles. The number of carbonyl (C=O) groups is 1. The zero-order chi connectivity index (χ0) is 20.1. The van der Waals surface area contributed by atoms with Gasteiger partial charge in [0.15, 0.2) is 9.84 Å². The monoisotopic (exact) mass is 416 g/mol. The van der Waals surface area contributed by atoms with Crippen LogP contribution in [0.1, 0.15) is 56.9 Å². The minimum atomic E-state index is -3.19. The zero-order valence-corrected chi connectivity index (χ0v) is 17.9. The van der Waals surface area contributed by atoms with Crippen LogP contribution >= 0.6 is 0 Å². The van der Waals surface area contributed by atoms with E-state index in [2.05, 4.69) is 5.32 Å². The van der Waals surface area contributed by atoms with Gasteiger partial charge in [0.25, 0.3) is 0 Å². The number of rotatable bonds is 4. The highest BCUT2D eigenvalue weighted by Gasteiger charge is 2.52. The number of likely N-dealkylation sites (tertiary alicyclic amines) is 1. The second-order valence-corrected chi connectivity index (χ2v) is 12.4. The number of carbonyl (C=O) groups excluding carboxylic acids is 1. The van der Waals surface area contributed by atoms with Crippen LogP contribution in [0.3, 0.4) is 0 Å². The van der Waals surface area contributed by atoms with Gasteiger partial charge in [-0.15, -0.1) is 0 Å². The van der Waals surface area contributed by atoms with Crippen molar-refractivity contribution in [3.05, 3.63) is 35.9 Å². The lowest BCUT2D eigenvalue weighted by Gasteiger charge is -2.57. The molecule has 1 N–H and O–H groups in total. The van der Waals surface area contributed by atoms with Crippen molar-refractivity contribution in [3.8, 4) is 0 Å². The molecule has 0 atom stereocenters. The first-order valence-electron chi connectivity index (χ1n) is 11.2. The van der Waals surface area contributed by atoms with Crippen LogP contribution in [0.5, 0.6) is 0 Å². The number of nitrogens with one attached hydrogen (secondary N) is 1. The molecule has 0 aromatic heterocycles. The van der Waals surface area contributed by atoms with E-state index in [-0.39, 0.29) is 22.6 Å². The Bertz CT molecular complexity index is 824. The summed E-state index contributed by atoms with van der Waals surface area (Å²) in [4.78, 5) is 14.8. The van der Waals surface area contributed by atoms with Crippen LogP contribution in [0.15, 0.2) is 30.3 Å². The van der Waals surface area contributed by atoms with E-state index >= 15 is 0 Å². The molecule has 1 aromatic rings. The lowest BCUT2D eigenvalue weighted by Crippen LogP contribution is -2.62. The maximum absolute atomic E-state index is 13.0. The second-order valence-electron chi connectivity index (χ2n) is 10.1. The molecule has 5 fully saturated rings. The molecule has 4 bridgehead atoms. The fourth-order valence-electron chi connectivity index (χ4n) is 6.91. The van der Waals surface area contributed by atoms with Gasteiger partial charge in [-0.2, -0.15) is 0 Å². The van der Waals surface area contributed by atoms with Crippen LogP contribution in [-0.4, -0.2) is 43.2 Å². The first-order chi connectivity index (χ1) is 13.9. The van der Waals surface area contributed by atoms with E-state index in [1.165, 1.54) is 19.3 Å². The van der Waals surface area contributed by atoms with Gasteiger partial charge in [0.05, 0.1) is 11.0 Å². The first-order valence-corrected chi connectivity index (χ1v) is 12.9. The molecule has 4 saturated carbocycles. The molecule has 5 aliphatic rings. The number of benzene rings is 1. The van der Waals surface area contributed by atoms with Gasteiger partial charge >= 0.3 is 6.03 Å². The maximum Gasteiger partial charge on any atom is 0.317 e. The normalized spacial score (nSPS) is 34.3. The fraction of sp³-hybridized carbons (Fsp3) is 0.696. The summed E-state index contributed by atoms with van der Waals surface area (Å²) in [5, 5.41) is 3.08. The van der Waals surface area contributed by atoms with Crippen LogP contribution in [0.2, 0.25) is 0 Å². The molecule has 1 heterocycles. The van der Waals surface area contributed by atoms with Gasteiger partial charge in [-0.3, -0.25) is 0 Å². The minimum absolute atomic E-state index is 0.0159. The van der Waals surface area contributed by atoms with Gasteiger partial charge in [0, 0.05) is 18.6 Å². The Kier molecular flexibility index (Phi) is 4.88. The Labute approximate surface area is 174 Å². The molecule has 0 spiro atoms. The summed E-state index contributed by atoms with van der Waals surface area (Å²) >= 11 is 0. The minimum Gasteiger partial charge on any atom is -0.333 e. The van der Waals surface area contributed by atoms with Gasteiger partial charge in [0.1, 0.15) is 0 Å². The number of hydrogen-bond donors (Lipinski definition) is 1. The number of nitrogens with zero attached hydrogens (tertiary/aromatic N) is 1. The summed E-state index contributed by atoms with van der Waals surface area (Å²) < 4.78 is 25.6. The molecular weight excluding hydrogens is 384 g/mol. The molecule has 6 rings (SSSR count). The third-order valence-electron chi connectivity index (χ3n) is 7.86. The number of sulfone groups is 1. The van der Waals surface area contributed by atoms with E-state index < -0.39 is 9.84 Å². The lowest BCUT2D eigenvalue weighted by molar-refractivity contribution is -0.0159. The average molecular weight is 417 g/mol. The molecule has 0 unspecified atom stereocenters. The van der Waals surface area contributed by atoms with Crippen molar-refractivity contribution in [2.24, 2.45) is 17.8 Å². The van der Waals surface area contributed by atoms with Crippen LogP contribution in [0.25, 0.3) is 0 Å². The van der Waals surface area contributed by atoms with Crippen LogP contribution in [0.4, 0.5) is 4.79 Å². The smallest absolute Gasteiger partial charge is 0.317 e. The SMILES string of the molecule is O=C(NC12CC3CC(CC(C3)C1)C2)N1CCC(S(=O)(=O)Cc2ccccc2)CC1. The van der Waals surface area contributed by atoms with Gasteiger partial charge in [-0.25, -0.2) is 13.2 Å². The highest BCUT2D eigenvalue weighted by molar-refractivity contribution is 7.91. The number of piperidine rings is 1. The van der Waals surface area contributed by atoms with Gasteiger partial charge < -0.3 is 10.2 Å². The maximum atomic E-state index is 13.0. The fourth-order valence-corrected chi connectivity index (χ4v) is 8.73. The largest absolute Gasteiger partial charge is 0.333 e. The molecule has 0 radical (unpaired) electrons. The third-order valence-corrected chi connectivity index (χ3v) is 10.1. The summed E-state index contributed by atoms with van der Waals surface area (Å²) in [6.07, 6.45) is 8.61. The van der Waals surface area contributed by atoms with Crippen LogP contribution in [-0.2, 0) is 15.6 Å². The molecule has 6 heteroatoms. The Morgan fingerprint density at radius 1 is 0.966 bits per heavy atom.